The lowest BCUT2D eigenvalue weighted by Gasteiger charge is -2.03. The highest BCUT2D eigenvalue weighted by atomic mass is 79.9. The molecular weight excluding hydrogens is 270 g/mol. The number of Topliss-reactive ketones (excluding diaryl/α,β-unsaturated/α-hetero) is 1. The van der Waals surface area contributed by atoms with E-state index in [9.17, 15) is 4.79 Å². The second kappa shape index (κ2) is 4.17. The fourth-order valence-electron chi connectivity index (χ4n) is 1.52. The number of hydrogen-bond donors (Lipinski definition) is 0. The maximum absolute atomic E-state index is 11.3. The van der Waals surface area contributed by atoms with Crippen LogP contribution in [0.2, 0.25) is 0 Å². The molecule has 1 aromatic heterocycles. The van der Waals surface area contributed by atoms with E-state index >= 15 is 0 Å². The van der Waals surface area contributed by atoms with Crippen molar-refractivity contribution in [1.82, 2.24) is 15.0 Å². The molecule has 0 radical (unpaired) electrons. The van der Waals surface area contributed by atoms with Crippen molar-refractivity contribution in [3.63, 3.8) is 0 Å². The van der Waals surface area contributed by atoms with Crippen LogP contribution in [0.3, 0.4) is 0 Å². The molecule has 0 saturated heterocycles. The van der Waals surface area contributed by atoms with Crippen LogP contribution in [-0.2, 0) is 7.05 Å². The minimum atomic E-state index is 0.0492. The van der Waals surface area contributed by atoms with Crippen LogP contribution in [0.1, 0.15) is 17.3 Å². The maximum Gasteiger partial charge on any atom is 0.159 e. The van der Waals surface area contributed by atoms with Gasteiger partial charge in [0.2, 0.25) is 0 Å². The number of nitrogens with zero attached hydrogens (tertiary/aromatic N) is 3. The summed E-state index contributed by atoms with van der Waals surface area (Å²) in [7, 11) is 1.81. The summed E-state index contributed by atoms with van der Waals surface area (Å²) in [4.78, 5) is 11.3. The number of halogens is 1. The molecule has 0 aliphatic carbocycles. The molecule has 5 heteroatoms. The van der Waals surface area contributed by atoms with Crippen molar-refractivity contribution in [3.8, 4) is 11.3 Å². The van der Waals surface area contributed by atoms with Crippen LogP contribution < -0.4 is 0 Å². The van der Waals surface area contributed by atoms with E-state index in [1.54, 1.807) is 17.7 Å². The van der Waals surface area contributed by atoms with Gasteiger partial charge in [0, 0.05) is 18.2 Å². The molecule has 4 nitrogen and oxygen atoms in total. The first-order chi connectivity index (χ1) is 7.59. The van der Waals surface area contributed by atoms with E-state index < -0.39 is 0 Å². The SMILES string of the molecule is CC(=O)c1cccc(-c2c(Br)nnn2C)c1. The van der Waals surface area contributed by atoms with E-state index in [0.717, 1.165) is 11.3 Å². The fraction of sp³-hybridized carbons (Fsp3) is 0.182. The van der Waals surface area contributed by atoms with Crippen LogP contribution in [0.25, 0.3) is 11.3 Å². The van der Waals surface area contributed by atoms with E-state index in [-0.39, 0.29) is 5.78 Å². The van der Waals surface area contributed by atoms with Crippen LogP contribution in [0.5, 0.6) is 0 Å². The van der Waals surface area contributed by atoms with Crippen LogP contribution in [-0.4, -0.2) is 20.8 Å². The largest absolute Gasteiger partial charge is 0.295 e. The Labute approximate surface area is 101 Å². The number of ketones is 1. The number of benzene rings is 1. The van der Waals surface area contributed by atoms with Crippen molar-refractivity contribution in [1.29, 1.82) is 0 Å². The van der Waals surface area contributed by atoms with Crippen LogP contribution in [0, 0.1) is 0 Å². The van der Waals surface area contributed by atoms with Gasteiger partial charge in [0.25, 0.3) is 0 Å². The minimum Gasteiger partial charge on any atom is -0.295 e. The molecule has 2 rings (SSSR count). The number of aromatic nitrogens is 3. The molecule has 0 unspecified atom stereocenters. The zero-order chi connectivity index (χ0) is 11.7. The Kier molecular flexibility index (Phi) is 2.87. The summed E-state index contributed by atoms with van der Waals surface area (Å²) in [5.74, 6) is 0.0492. The highest BCUT2D eigenvalue weighted by Gasteiger charge is 2.11. The van der Waals surface area contributed by atoms with E-state index in [0.29, 0.717) is 10.2 Å². The number of carbonyl (C=O) groups excluding carboxylic acids is 1. The summed E-state index contributed by atoms with van der Waals surface area (Å²) >= 11 is 3.34. The van der Waals surface area contributed by atoms with Crippen molar-refractivity contribution >= 4 is 21.7 Å². The summed E-state index contributed by atoms with van der Waals surface area (Å²) < 4.78 is 2.35. The number of hydrogen-bond acceptors (Lipinski definition) is 3. The first-order valence-corrected chi connectivity index (χ1v) is 5.55. The quantitative estimate of drug-likeness (QED) is 0.794. The molecule has 0 aliphatic heterocycles. The Morgan fingerprint density at radius 3 is 2.75 bits per heavy atom. The third kappa shape index (κ3) is 1.90. The Balaban J connectivity index is 2.57. The Morgan fingerprint density at radius 2 is 2.19 bits per heavy atom. The van der Waals surface area contributed by atoms with Gasteiger partial charge in [0.1, 0.15) is 5.69 Å². The lowest BCUT2D eigenvalue weighted by Crippen LogP contribution is -1.96. The summed E-state index contributed by atoms with van der Waals surface area (Å²) in [5.41, 5.74) is 2.47. The van der Waals surface area contributed by atoms with Gasteiger partial charge in [0.15, 0.2) is 10.4 Å². The van der Waals surface area contributed by atoms with Crippen molar-refractivity contribution in [2.75, 3.05) is 0 Å². The number of carbonyl (C=O) groups is 1. The molecule has 0 N–H and O–H groups in total. The standard InChI is InChI=1S/C11H10BrN3O/c1-7(16)8-4-3-5-9(6-8)10-11(12)13-14-15(10)2/h3-6H,1-2H3. The predicted octanol–water partition coefficient (Wildman–Crippen LogP) is 2.45. The van der Waals surface area contributed by atoms with Gasteiger partial charge in [-0.25, -0.2) is 4.68 Å². The molecule has 1 heterocycles. The van der Waals surface area contributed by atoms with Crippen LogP contribution >= 0.6 is 15.9 Å². The van der Waals surface area contributed by atoms with E-state index in [4.69, 9.17) is 0 Å². The molecule has 1 aromatic carbocycles. The van der Waals surface area contributed by atoms with Gasteiger partial charge in [0.05, 0.1) is 0 Å². The summed E-state index contributed by atoms with van der Waals surface area (Å²) in [6.07, 6.45) is 0. The zero-order valence-electron chi connectivity index (χ0n) is 8.94. The number of aryl methyl sites for hydroxylation is 1. The normalized spacial score (nSPS) is 10.4. The van der Waals surface area contributed by atoms with Crippen molar-refractivity contribution in [3.05, 3.63) is 34.4 Å². The topological polar surface area (TPSA) is 47.8 Å². The number of rotatable bonds is 2. The molecule has 0 spiro atoms. The first-order valence-electron chi connectivity index (χ1n) is 4.76. The third-order valence-electron chi connectivity index (χ3n) is 2.33. The van der Waals surface area contributed by atoms with E-state index in [1.807, 2.05) is 25.2 Å². The Hall–Kier alpha value is -1.49. The molecule has 82 valence electrons. The Morgan fingerprint density at radius 1 is 1.44 bits per heavy atom. The molecule has 0 amide bonds. The van der Waals surface area contributed by atoms with Gasteiger partial charge in [-0.1, -0.05) is 23.4 Å². The van der Waals surface area contributed by atoms with Crippen molar-refractivity contribution in [2.24, 2.45) is 7.05 Å². The average molecular weight is 280 g/mol. The monoisotopic (exact) mass is 279 g/mol. The maximum atomic E-state index is 11.3. The third-order valence-corrected chi connectivity index (χ3v) is 2.86. The predicted molar refractivity (Wildman–Crippen MR) is 64.1 cm³/mol. The van der Waals surface area contributed by atoms with Gasteiger partial charge < -0.3 is 0 Å². The minimum absolute atomic E-state index is 0.0492. The summed E-state index contributed by atoms with van der Waals surface area (Å²) in [6, 6.07) is 7.41. The molecule has 0 saturated carbocycles. The second-order valence-corrected chi connectivity index (χ2v) is 4.24. The zero-order valence-corrected chi connectivity index (χ0v) is 10.5. The van der Waals surface area contributed by atoms with Gasteiger partial charge in [-0.05, 0) is 28.9 Å². The first kappa shape index (κ1) is 11.0. The summed E-state index contributed by atoms with van der Waals surface area (Å²) in [6.45, 7) is 1.55. The molecule has 0 atom stereocenters. The van der Waals surface area contributed by atoms with E-state index in [2.05, 4.69) is 26.2 Å². The van der Waals surface area contributed by atoms with Gasteiger partial charge in [-0.3, -0.25) is 4.79 Å². The summed E-state index contributed by atoms with van der Waals surface area (Å²) in [5, 5.41) is 7.81. The van der Waals surface area contributed by atoms with Crippen molar-refractivity contribution < 1.29 is 4.79 Å². The molecule has 0 aliphatic rings. The smallest absolute Gasteiger partial charge is 0.159 e. The fourth-order valence-corrected chi connectivity index (χ4v) is 2.08. The molecular formula is C11H10BrN3O. The molecule has 0 bridgehead atoms. The average Bonchev–Trinajstić information content (AvgIpc) is 2.59. The lowest BCUT2D eigenvalue weighted by molar-refractivity contribution is 0.101. The van der Waals surface area contributed by atoms with Gasteiger partial charge in [-0.2, -0.15) is 0 Å². The highest BCUT2D eigenvalue weighted by molar-refractivity contribution is 9.10. The van der Waals surface area contributed by atoms with Gasteiger partial charge in [-0.15, -0.1) is 5.10 Å². The van der Waals surface area contributed by atoms with Crippen LogP contribution in [0.4, 0.5) is 0 Å². The van der Waals surface area contributed by atoms with Crippen molar-refractivity contribution in [2.45, 2.75) is 6.92 Å². The molecule has 0 fully saturated rings. The highest BCUT2D eigenvalue weighted by Crippen LogP contribution is 2.26. The Bertz CT molecular complexity index is 528. The molecule has 16 heavy (non-hydrogen) atoms. The second-order valence-electron chi connectivity index (χ2n) is 3.49. The molecule has 2 aromatic rings. The van der Waals surface area contributed by atoms with Crippen LogP contribution in [0.15, 0.2) is 28.9 Å². The van der Waals surface area contributed by atoms with E-state index in [1.165, 1.54) is 0 Å². The van der Waals surface area contributed by atoms with Gasteiger partial charge >= 0.3 is 0 Å². The lowest BCUT2D eigenvalue weighted by atomic mass is 10.1.